The summed E-state index contributed by atoms with van der Waals surface area (Å²) >= 11 is 0. The molecular weight excluding hydrogens is 248 g/mol. The fraction of sp³-hybridized carbons (Fsp3) is 0.846. The van der Waals surface area contributed by atoms with E-state index in [4.69, 9.17) is 4.74 Å². The molecular formula is C13H24N2O4. The van der Waals surface area contributed by atoms with Crippen molar-refractivity contribution >= 4 is 12.0 Å². The van der Waals surface area contributed by atoms with Crippen LogP contribution in [0.2, 0.25) is 0 Å². The van der Waals surface area contributed by atoms with Crippen LogP contribution in [0.3, 0.4) is 0 Å². The van der Waals surface area contributed by atoms with Gasteiger partial charge < -0.3 is 20.1 Å². The summed E-state index contributed by atoms with van der Waals surface area (Å²) in [7, 11) is 1.63. The lowest BCUT2D eigenvalue weighted by atomic mass is 9.74. The molecule has 110 valence electrons. The number of urea groups is 1. The summed E-state index contributed by atoms with van der Waals surface area (Å²) in [4.78, 5) is 25.1. The van der Waals surface area contributed by atoms with Gasteiger partial charge in [-0.15, -0.1) is 0 Å². The van der Waals surface area contributed by atoms with E-state index < -0.39 is 16.9 Å². The Morgan fingerprint density at radius 1 is 1.32 bits per heavy atom. The van der Waals surface area contributed by atoms with E-state index in [1.54, 1.807) is 39.7 Å². The van der Waals surface area contributed by atoms with Crippen molar-refractivity contribution in [2.24, 2.45) is 5.41 Å². The minimum atomic E-state index is -1.05. The molecule has 1 rings (SSSR count). The predicted molar refractivity (Wildman–Crippen MR) is 71.0 cm³/mol. The molecule has 0 bridgehead atoms. The maximum Gasteiger partial charge on any atom is 0.317 e. The van der Waals surface area contributed by atoms with Crippen molar-refractivity contribution in [3.63, 3.8) is 0 Å². The number of nitrogens with one attached hydrogen (secondary N) is 1. The van der Waals surface area contributed by atoms with E-state index in [0.717, 1.165) is 6.42 Å². The molecule has 0 saturated carbocycles. The molecule has 0 aromatic heterocycles. The number of likely N-dealkylation sites (tertiary alicyclic amines) is 1. The molecule has 6 heteroatoms. The van der Waals surface area contributed by atoms with Crippen molar-refractivity contribution < 1.29 is 19.4 Å². The topological polar surface area (TPSA) is 78.9 Å². The van der Waals surface area contributed by atoms with Crippen LogP contribution in [0, 0.1) is 5.41 Å². The Morgan fingerprint density at radius 2 is 1.89 bits per heavy atom. The molecule has 0 radical (unpaired) electrons. The number of ether oxygens (including phenoxy) is 1. The minimum absolute atomic E-state index is 0.0707. The average Bonchev–Trinajstić information content (AvgIpc) is 2.76. The van der Waals surface area contributed by atoms with Crippen LogP contribution in [0.15, 0.2) is 0 Å². The van der Waals surface area contributed by atoms with Crippen LogP contribution in [0.4, 0.5) is 4.79 Å². The Kier molecular flexibility index (Phi) is 4.45. The number of carboxylic acid groups (broad SMARTS) is 1. The second-order valence-electron chi connectivity index (χ2n) is 6.08. The second kappa shape index (κ2) is 5.36. The van der Waals surface area contributed by atoms with Crippen LogP contribution >= 0.6 is 0 Å². The van der Waals surface area contributed by atoms with Gasteiger partial charge in [0.25, 0.3) is 0 Å². The predicted octanol–water partition coefficient (Wildman–Crippen LogP) is 1.31. The van der Waals surface area contributed by atoms with Crippen LogP contribution in [-0.4, -0.2) is 53.8 Å². The lowest BCUT2D eigenvalue weighted by molar-refractivity contribution is -0.150. The zero-order valence-electron chi connectivity index (χ0n) is 12.3. The largest absolute Gasteiger partial charge is 0.481 e. The Balaban J connectivity index is 2.69. The maximum absolute atomic E-state index is 12.2. The first-order valence-electron chi connectivity index (χ1n) is 6.45. The van der Waals surface area contributed by atoms with Gasteiger partial charge in [0.1, 0.15) is 0 Å². The molecule has 0 aromatic carbocycles. The Labute approximate surface area is 114 Å². The number of rotatable bonds is 4. The molecule has 6 nitrogen and oxygen atoms in total. The molecule has 1 aliphatic heterocycles. The first-order valence-corrected chi connectivity index (χ1v) is 6.45. The first kappa shape index (κ1) is 15.8. The van der Waals surface area contributed by atoms with Gasteiger partial charge in [0.2, 0.25) is 0 Å². The molecule has 0 spiro atoms. The van der Waals surface area contributed by atoms with Crippen molar-refractivity contribution in [3.05, 3.63) is 0 Å². The summed E-state index contributed by atoms with van der Waals surface area (Å²) < 4.78 is 5.21. The monoisotopic (exact) mass is 272 g/mol. The lowest BCUT2D eigenvalue weighted by Gasteiger charge is -2.39. The zero-order valence-corrected chi connectivity index (χ0v) is 12.3. The van der Waals surface area contributed by atoms with Gasteiger partial charge in [-0.3, -0.25) is 4.79 Å². The number of carbonyl (C=O) groups excluding carboxylic acids is 1. The summed E-state index contributed by atoms with van der Waals surface area (Å²) in [6.07, 6.45) is 0.883. The number of carboxylic acids is 1. The fourth-order valence-corrected chi connectivity index (χ4v) is 1.88. The van der Waals surface area contributed by atoms with E-state index in [9.17, 15) is 14.7 Å². The normalized spacial score (nSPS) is 20.5. The summed E-state index contributed by atoms with van der Waals surface area (Å²) in [5, 5.41) is 12.1. The Hall–Kier alpha value is -1.30. The number of nitrogens with zero attached hydrogens (tertiary/aromatic N) is 1. The molecule has 19 heavy (non-hydrogen) atoms. The van der Waals surface area contributed by atoms with Gasteiger partial charge in [0, 0.05) is 20.2 Å². The van der Waals surface area contributed by atoms with E-state index in [1.165, 1.54) is 0 Å². The van der Waals surface area contributed by atoms with Gasteiger partial charge in [-0.25, -0.2) is 4.79 Å². The van der Waals surface area contributed by atoms with E-state index >= 15 is 0 Å². The molecule has 2 N–H and O–H groups in total. The highest BCUT2D eigenvalue weighted by Crippen LogP contribution is 2.31. The van der Waals surface area contributed by atoms with Crippen molar-refractivity contribution in [1.82, 2.24) is 10.2 Å². The third-order valence-corrected chi connectivity index (χ3v) is 4.28. The van der Waals surface area contributed by atoms with Crippen LogP contribution in [-0.2, 0) is 9.53 Å². The summed E-state index contributed by atoms with van der Waals surface area (Å²) in [6, 6.07) is -0.237. The number of aliphatic carboxylic acids is 1. The minimum Gasteiger partial charge on any atom is -0.481 e. The number of methoxy groups -OCH3 is 1. The van der Waals surface area contributed by atoms with Gasteiger partial charge in [-0.2, -0.15) is 0 Å². The summed E-state index contributed by atoms with van der Waals surface area (Å²) in [5.74, 6) is -0.936. The van der Waals surface area contributed by atoms with Gasteiger partial charge in [-0.05, 0) is 34.1 Å². The van der Waals surface area contributed by atoms with Crippen LogP contribution in [0.25, 0.3) is 0 Å². The standard InChI is InChI=1S/C13H24N2O4/c1-12(2,10(16)17)13(3,4)14-11(18)15-7-6-9(8-15)19-5/h9H,6-8H2,1-5H3,(H,14,18)(H,16,17). The van der Waals surface area contributed by atoms with E-state index in [1.807, 2.05) is 0 Å². The van der Waals surface area contributed by atoms with Crippen molar-refractivity contribution in [2.45, 2.75) is 45.8 Å². The molecule has 1 atom stereocenters. The molecule has 1 aliphatic rings. The molecule has 2 amide bonds. The zero-order chi connectivity index (χ0) is 14.8. The van der Waals surface area contributed by atoms with E-state index in [-0.39, 0.29) is 12.1 Å². The molecule has 1 heterocycles. The second-order valence-corrected chi connectivity index (χ2v) is 6.08. The van der Waals surface area contributed by atoms with Gasteiger partial charge >= 0.3 is 12.0 Å². The molecule has 1 unspecified atom stereocenters. The number of carbonyl (C=O) groups is 2. The third-order valence-electron chi connectivity index (χ3n) is 4.28. The van der Waals surface area contributed by atoms with Crippen molar-refractivity contribution in [3.8, 4) is 0 Å². The van der Waals surface area contributed by atoms with Crippen molar-refractivity contribution in [1.29, 1.82) is 0 Å². The fourth-order valence-electron chi connectivity index (χ4n) is 1.88. The molecule has 0 aliphatic carbocycles. The van der Waals surface area contributed by atoms with Crippen molar-refractivity contribution in [2.75, 3.05) is 20.2 Å². The van der Waals surface area contributed by atoms with Gasteiger partial charge in [-0.1, -0.05) is 0 Å². The number of hydrogen-bond acceptors (Lipinski definition) is 3. The highest BCUT2D eigenvalue weighted by molar-refractivity contribution is 5.79. The molecule has 1 saturated heterocycles. The highest BCUT2D eigenvalue weighted by Gasteiger charge is 2.45. The highest BCUT2D eigenvalue weighted by atomic mass is 16.5. The summed E-state index contributed by atoms with van der Waals surface area (Å²) in [5.41, 5.74) is -1.90. The first-order chi connectivity index (χ1) is 8.61. The number of hydrogen-bond donors (Lipinski definition) is 2. The van der Waals surface area contributed by atoms with E-state index in [2.05, 4.69) is 5.32 Å². The Bertz CT molecular complexity index is 366. The SMILES string of the molecule is COC1CCN(C(=O)NC(C)(C)C(C)(C)C(=O)O)C1. The maximum atomic E-state index is 12.2. The lowest BCUT2D eigenvalue weighted by Crippen LogP contribution is -2.59. The van der Waals surface area contributed by atoms with E-state index in [0.29, 0.717) is 13.1 Å². The van der Waals surface area contributed by atoms with Crippen LogP contribution < -0.4 is 5.32 Å². The smallest absolute Gasteiger partial charge is 0.317 e. The van der Waals surface area contributed by atoms with Crippen LogP contribution in [0.5, 0.6) is 0 Å². The third kappa shape index (κ3) is 3.18. The summed E-state index contributed by atoms with van der Waals surface area (Å²) in [6.45, 7) is 7.85. The molecule has 0 aromatic rings. The van der Waals surface area contributed by atoms with Gasteiger partial charge in [0.05, 0.1) is 17.1 Å². The quantitative estimate of drug-likeness (QED) is 0.808. The Morgan fingerprint density at radius 3 is 2.32 bits per heavy atom. The van der Waals surface area contributed by atoms with Crippen LogP contribution in [0.1, 0.15) is 34.1 Å². The molecule has 1 fully saturated rings. The van der Waals surface area contributed by atoms with Gasteiger partial charge in [0.15, 0.2) is 0 Å². The number of amides is 2. The average molecular weight is 272 g/mol.